The van der Waals surface area contributed by atoms with Gasteiger partial charge in [0.2, 0.25) is 0 Å². The van der Waals surface area contributed by atoms with Gasteiger partial charge in [-0.1, -0.05) is 97.4 Å². The summed E-state index contributed by atoms with van der Waals surface area (Å²) in [5.74, 6) is -2.97. The fourth-order valence-electron chi connectivity index (χ4n) is 6.08. The molecule has 2 fully saturated rings. The molecule has 5 rings (SSSR count). The van der Waals surface area contributed by atoms with Crippen molar-refractivity contribution in [1.82, 2.24) is 0 Å². The molecule has 0 saturated heterocycles. The molecule has 0 heterocycles. The van der Waals surface area contributed by atoms with E-state index in [0.29, 0.717) is 0 Å². The van der Waals surface area contributed by atoms with E-state index in [9.17, 15) is 14.7 Å². The summed E-state index contributed by atoms with van der Waals surface area (Å²) in [5, 5.41) is 10.2. The van der Waals surface area contributed by atoms with Crippen molar-refractivity contribution in [2.45, 2.75) is 49.5 Å². The quantitative estimate of drug-likeness (QED) is 0.454. The van der Waals surface area contributed by atoms with Crippen molar-refractivity contribution in [1.29, 1.82) is 0 Å². The molecular formula is C30H30O4. The SMILES string of the molecule is O=C(O)[C@H]1[C@@H](c2ccccc2)[C@H](C(=O)OC2CCCC[C@@H]2c2ccccc2)[C@@H]1c1ccccc1. The number of carboxylic acids is 1. The monoisotopic (exact) mass is 454 g/mol. The normalized spacial score (nSPS) is 28.5. The van der Waals surface area contributed by atoms with E-state index in [1.165, 1.54) is 5.56 Å². The molecule has 0 radical (unpaired) electrons. The van der Waals surface area contributed by atoms with Gasteiger partial charge in [-0.2, -0.15) is 0 Å². The second-order valence-electron chi connectivity index (χ2n) is 9.54. The Balaban J connectivity index is 1.46. The third kappa shape index (κ3) is 4.25. The smallest absolute Gasteiger partial charge is 0.310 e. The van der Waals surface area contributed by atoms with Gasteiger partial charge >= 0.3 is 11.9 Å². The summed E-state index contributed by atoms with van der Waals surface area (Å²) in [6.07, 6.45) is 3.81. The van der Waals surface area contributed by atoms with E-state index in [-0.39, 0.29) is 18.0 Å². The average molecular weight is 455 g/mol. The number of carboxylic acid groups (broad SMARTS) is 1. The molecule has 2 aliphatic rings. The molecule has 0 aliphatic heterocycles. The number of carbonyl (C=O) groups is 2. The third-order valence-corrected chi connectivity index (χ3v) is 7.67. The van der Waals surface area contributed by atoms with Crippen LogP contribution in [0.5, 0.6) is 0 Å². The minimum Gasteiger partial charge on any atom is -0.481 e. The predicted molar refractivity (Wildman–Crippen MR) is 131 cm³/mol. The number of carbonyl (C=O) groups excluding carboxylic acids is 1. The summed E-state index contributed by atoms with van der Waals surface area (Å²) in [7, 11) is 0. The lowest BCUT2D eigenvalue weighted by Gasteiger charge is -2.49. The Morgan fingerprint density at radius 3 is 1.62 bits per heavy atom. The van der Waals surface area contributed by atoms with E-state index < -0.39 is 29.6 Å². The molecule has 34 heavy (non-hydrogen) atoms. The van der Waals surface area contributed by atoms with Crippen LogP contribution < -0.4 is 0 Å². The maximum Gasteiger partial charge on any atom is 0.310 e. The van der Waals surface area contributed by atoms with Crippen LogP contribution in [0.1, 0.15) is 60.1 Å². The zero-order valence-electron chi connectivity index (χ0n) is 19.1. The number of benzene rings is 3. The molecule has 4 nitrogen and oxygen atoms in total. The van der Waals surface area contributed by atoms with Gasteiger partial charge in [0, 0.05) is 17.8 Å². The molecule has 1 unspecified atom stereocenters. The summed E-state index contributed by atoms with van der Waals surface area (Å²) >= 11 is 0. The van der Waals surface area contributed by atoms with E-state index in [2.05, 4.69) is 12.1 Å². The Hall–Kier alpha value is -3.40. The standard InChI is InChI=1S/C30H30O4/c31-29(32)27-25(21-14-6-2-7-15-21)28(26(27)22-16-8-3-9-17-22)30(33)34-24-19-11-10-18-23(24)20-12-4-1-5-13-20/h1-9,12-17,23-28H,10-11,18-19H2,(H,31,32)/t23-,24?,25-,26-,27-,28-/m1/s1. The summed E-state index contributed by atoms with van der Waals surface area (Å²) in [4.78, 5) is 26.2. The molecule has 174 valence electrons. The van der Waals surface area contributed by atoms with Gasteiger partial charge in [0.25, 0.3) is 0 Å². The van der Waals surface area contributed by atoms with Gasteiger partial charge in [-0.3, -0.25) is 9.59 Å². The molecule has 1 N–H and O–H groups in total. The van der Waals surface area contributed by atoms with Gasteiger partial charge in [0.05, 0.1) is 11.8 Å². The molecule has 4 heteroatoms. The minimum absolute atomic E-state index is 0.180. The van der Waals surface area contributed by atoms with Crippen LogP contribution in [0.2, 0.25) is 0 Å². The summed E-state index contributed by atoms with van der Waals surface area (Å²) in [5.41, 5.74) is 2.97. The number of hydrogen-bond donors (Lipinski definition) is 1. The Bertz CT molecular complexity index is 1060. The van der Waals surface area contributed by atoms with Crippen LogP contribution in [0.15, 0.2) is 91.0 Å². The number of esters is 1. The van der Waals surface area contributed by atoms with Crippen molar-refractivity contribution in [3.63, 3.8) is 0 Å². The zero-order valence-corrected chi connectivity index (χ0v) is 19.1. The van der Waals surface area contributed by atoms with Crippen molar-refractivity contribution in [2.75, 3.05) is 0 Å². The Morgan fingerprint density at radius 2 is 1.12 bits per heavy atom. The van der Waals surface area contributed by atoms with Crippen LogP contribution in [-0.2, 0) is 14.3 Å². The highest BCUT2D eigenvalue weighted by Crippen LogP contribution is 2.58. The van der Waals surface area contributed by atoms with E-state index in [4.69, 9.17) is 4.74 Å². The Morgan fingerprint density at radius 1 is 0.647 bits per heavy atom. The van der Waals surface area contributed by atoms with Crippen LogP contribution >= 0.6 is 0 Å². The molecule has 2 saturated carbocycles. The molecule has 3 aromatic carbocycles. The van der Waals surface area contributed by atoms with Crippen molar-refractivity contribution in [3.05, 3.63) is 108 Å². The lowest BCUT2D eigenvalue weighted by Crippen LogP contribution is -2.52. The van der Waals surface area contributed by atoms with E-state index in [1.54, 1.807) is 0 Å². The van der Waals surface area contributed by atoms with Gasteiger partial charge in [0.1, 0.15) is 6.10 Å². The Kier molecular flexibility index (Phi) is 6.48. The van der Waals surface area contributed by atoms with Crippen molar-refractivity contribution >= 4 is 11.9 Å². The van der Waals surface area contributed by atoms with Gasteiger partial charge < -0.3 is 9.84 Å². The Labute approximate surface area is 200 Å². The van der Waals surface area contributed by atoms with Gasteiger partial charge in [-0.15, -0.1) is 0 Å². The first-order chi connectivity index (χ1) is 16.6. The minimum atomic E-state index is -0.869. The number of hydrogen-bond acceptors (Lipinski definition) is 3. The lowest BCUT2D eigenvalue weighted by molar-refractivity contribution is -0.170. The van der Waals surface area contributed by atoms with Crippen molar-refractivity contribution < 1.29 is 19.4 Å². The number of rotatable bonds is 6. The first-order valence-electron chi connectivity index (χ1n) is 12.2. The number of ether oxygens (including phenoxy) is 1. The van der Waals surface area contributed by atoms with E-state index in [1.807, 2.05) is 78.9 Å². The fourth-order valence-corrected chi connectivity index (χ4v) is 6.08. The van der Waals surface area contributed by atoms with Gasteiger partial charge in [-0.05, 0) is 36.0 Å². The topological polar surface area (TPSA) is 63.6 Å². The molecule has 3 aromatic rings. The second-order valence-corrected chi connectivity index (χ2v) is 9.54. The molecular weight excluding hydrogens is 424 g/mol. The van der Waals surface area contributed by atoms with E-state index >= 15 is 0 Å². The third-order valence-electron chi connectivity index (χ3n) is 7.67. The molecule has 0 aromatic heterocycles. The predicted octanol–water partition coefficient (Wildman–Crippen LogP) is 6.15. The first kappa shape index (κ1) is 22.4. The largest absolute Gasteiger partial charge is 0.481 e. The molecule has 4 atom stereocenters. The van der Waals surface area contributed by atoms with Crippen LogP contribution in [0.3, 0.4) is 0 Å². The van der Waals surface area contributed by atoms with Gasteiger partial charge in [-0.25, -0.2) is 0 Å². The van der Waals surface area contributed by atoms with Crippen LogP contribution in [0.4, 0.5) is 0 Å². The summed E-state index contributed by atoms with van der Waals surface area (Å²) in [6.45, 7) is 0. The highest BCUT2D eigenvalue weighted by atomic mass is 16.5. The zero-order chi connectivity index (χ0) is 23.5. The summed E-state index contributed by atoms with van der Waals surface area (Å²) < 4.78 is 6.26. The molecule has 0 bridgehead atoms. The fraction of sp³-hybridized carbons (Fsp3) is 0.333. The summed E-state index contributed by atoms with van der Waals surface area (Å²) in [6, 6.07) is 29.4. The lowest BCUT2D eigenvalue weighted by atomic mass is 9.52. The molecule has 0 spiro atoms. The molecule has 0 amide bonds. The van der Waals surface area contributed by atoms with Crippen molar-refractivity contribution in [3.8, 4) is 0 Å². The highest BCUT2D eigenvalue weighted by molar-refractivity contribution is 5.84. The van der Waals surface area contributed by atoms with Crippen LogP contribution in [-0.4, -0.2) is 23.1 Å². The number of aliphatic carboxylic acids is 1. The van der Waals surface area contributed by atoms with E-state index in [0.717, 1.165) is 36.8 Å². The average Bonchev–Trinajstić information content (AvgIpc) is 2.85. The first-order valence-corrected chi connectivity index (χ1v) is 12.2. The maximum atomic E-state index is 13.8. The second kappa shape index (κ2) is 9.84. The van der Waals surface area contributed by atoms with Gasteiger partial charge in [0.15, 0.2) is 0 Å². The highest BCUT2D eigenvalue weighted by Gasteiger charge is 2.59. The maximum absolute atomic E-state index is 13.8. The van der Waals surface area contributed by atoms with Crippen LogP contribution in [0, 0.1) is 11.8 Å². The van der Waals surface area contributed by atoms with Crippen molar-refractivity contribution in [2.24, 2.45) is 11.8 Å². The molecule has 2 aliphatic carbocycles. The van der Waals surface area contributed by atoms with Crippen LogP contribution in [0.25, 0.3) is 0 Å².